The third kappa shape index (κ3) is 4.79. The molecule has 2 aromatic rings. The van der Waals surface area contributed by atoms with Crippen LogP contribution in [0.3, 0.4) is 0 Å². The molecule has 0 atom stereocenters. The molecule has 6 heteroatoms. The van der Waals surface area contributed by atoms with Gasteiger partial charge in [0.1, 0.15) is 0 Å². The van der Waals surface area contributed by atoms with E-state index in [1.807, 2.05) is 0 Å². The van der Waals surface area contributed by atoms with Crippen molar-refractivity contribution in [3.63, 3.8) is 0 Å². The number of aromatic nitrogens is 1. The van der Waals surface area contributed by atoms with Crippen LogP contribution in [0.1, 0.15) is 61.0 Å². The largest absolute Gasteiger partial charge is 0.335 e. The van der Waals surface area contributed by atoms with Crippen LogP contribution in [0, 0.1) is 6.92 Å². The molecule has 32 heavy (non-hydrogen) atoms. The number of hydrogen-bond donors (Lipinski definition) is 1. The zero-order valence-corrected chi connectivity index (χ0v) is 19.9. The second-order valence-electron chi connectivity index (χ2n) is 9.77. The molecule has 2 aliphatic heterocycles. The second-order valence-corrected chi connectivity index (χ2v) is 9.77. The molecule has 2 fully saturated rings. The number of fused-ring (bicyclic) bond motifs is 2. The SMILES string of the molecule is Cc1cccc(CN2CCC3(CC2)CN(C(=O)NC2CCCC2)Cc2ccccc23)n1.Cl. The maximum atomic E-state index is 13.1. The molecule has 0 bridgehead atoms. The minimum absolute atomic E-state index is 0. The maximum Gasteiger partial charge on any atom is 0.317 e. The standard InChI is InChI=1S/C26H34N4O.ClH/c1-20-7-6-11-23(27-20)18-29-15-13-26(14-16-29)19-30(17-21-8-2-5-12-24(21)26)25(31)28-22-9-3-4-10-22;/h2,5-8,11-12,22H,3-4,9-10,13-19H2,1H3,(H,28,31);1H. The number of rotatable bonds is 3. The van der Waals surface area contributed by atoms with Crippen molar-refractivity contribution in [1.82, 2.24) is 20.1 Å². The van der Waals surface area contributed by atoms with Crippen LogP contribution in [0.2, 0.25) is 0 Å². The van der Waals surface area contributed by atoms with Gasteiger partial charge < -0.3 is 10.2 Å². The summed E-state index contributed by atoms with van der Waals surface area (Å²) < 4.78 is 0. The highest BCUT2D eigenvalue weighted by Gasteiger charge is 2.43. The first-order chi connectivity index (χ1) is 15.1. The zero-order valence-electron chi connectivity index (χ0n) is 19.1. The van der Waals surface area contributed by atoms with Crippen molar-refractivity contribution in [3.8, 4) is 0 Å². The third-order valence-corrected chi connectivity index (χ3v) is 7.56. The monoisotopic (exact) mass is 454 g/mol. The zero-order chi connectivity index (χ0) is 21.3. The molecule has 1 aliphatic carbocycles. The highest BCUT2D eigenvalue weighted by atomic mass is 35.5. The summed E-state index contributed by atoms with van der Waals surface area (Å²) in [5, 5.41) is 3.32. The van der Waals surface area contributed by atoms with E-state index < -0.39 is 0 Å². The van der Waals surface area contributed by atoms with E-state index in [0.29, 0.717) is 6.04 Å². The number of nitrogens with zero attached hydrogens (tertiary/aromatic N) is 3. The van der Waals surface area contributed by atoms with Gasteiger partial charge in [0, 0.05) is 36.8 Å². The van der Waals surface area contributed by atoms with E-state index in [1.165, 1.54) is 24.0 Å². The molecule has 1 N–H and O–H groups in total. The molecular formula is C26H35ClN4O. The Morgan fingerprint density at radius 2 is 1.84 bits per heavy atom. The van der Waals surface area contributed by atoms with E-state index in [9.17, 15) is 4.79 Å². The molecule has 3 aliphatic rings. The van der Waals surface area contributed by atoms with Gasteiger partial charge in [-0.2, -0.15) is 0 Å². The van der Waals surface area contributed by atoms with E-state index in [4.69, 9.17) is 0 Å². The van der Waals surface area contributed by atoms with Gasteiger partial charge in [0.05, 0.1) is 5.69 Å². The van der Waals surface area contributed by atoms with Crippen LogP contribution in [0.4, 0.5) is 4.79 Å². The minimum Gasteiger partial charge on any atom is -0.335 e. The fraction of sp³-hybridized carbons (Fsp3) is 0.538. The first-order valence-corrected chi connectivity index (χ1v) is 11.9. The molecule has 1 aromatic heterocycles. The van der Waals surface area contributed by atoms with Crippen LogP contribution in [0.5, 0.6) is 0 Å². The quantitative estimate of drug-likeness (QED) is 0.723. The summed E-state index contributed by atoms with van der Waals surface area (Å²) in [6.45, 7) is 6.61. The summed E-state index contributed by atoms with van der Waals surface area (Å²) in [5.41, 5.74) is 5.09. The molecule has 5 rings (SSSR count). The first kappa shape index (κ1) is 23.1. The van der Waals surface area contributed by atoms with Gasteiger partial charge in [-0.15, -0.1) is 12.4 Å². The molecule has 2 amide bonds. The lowest BCUT2D eigenvalue weighted by Gasteiger charge is -2.48. The number of halogens is 1. The van der Waals surface area contributed by atoms with Crippen LogP contribution in [0.25, 0.3) is 0 Å². The Labute approximate surface area is 198 Å². The van der Waals surface area contributed by atoms with Crippen molar-refractivity contribution in [2.75, 3.05) is 19.6 Å². The summed E-state index contributed by atoms with van der Waals surface area (Å²) in [6, 6.07) is 15.6. The lowest BCUT2D eigenvalue weighted by Crippen LogP contribution is -2.55. The van der Waals surface area contributed by atoms with Gasteiger partial charge >= 0.3 is 6.03 Å². The Balaban J connectivity index is 0.00000245. The predicted molar refractivity (Wildman–Crippen MR) is 130 cm³/mol. The molecule has 0 radical (unpaired) electrons. The van der Waals surface area contributed by atoms with Gasteiger partial charge in [-0.05, 0) is 69.0 Å². The van der Waals surface area contributed by atoms with Crippen molar-refractivity contribution in [2.45, 2.75) is 70.0 Å². The summed E-state index contributed by atoms with van der Waals surface area (Å²) in [7, 11) is 0. The van der Waals surface area contributed by atoms with E-state index in [-0.39, 0.29) is 23.9 Å². The van der Waals surface area contributed by atoms with Gasteiger partial charge in [0.15, 0.2) is 0 Å². The molecule has 0 unspecified atom stereocenters. The first-order valence-electron chi connectivity index (χ1n) is 11.9. The smallest absolute Gasteiger partial charge is 0.317 e. The Bertz CT molecular complexity index is 935. The highest BCUT2D eigenvalue weighted by Crippen LogP contribution is 2.42. The summed E-state index contributed by atoms with van der Waals surface area (Å²) in [5.74, 6) is 0. The number of pyridine rings is 1. The molecular weight excluding hydrogens is 420 g/mol. The van der Waals surface area contributed by atoms with Gasteiger partial charge in [0.25, 0.3) is 0 Å². The van der Waals surface area contributed by atoms with Crippen LogP contribution in [-0.4, -0.2) is 46.5 Å². The summed E-state index contributed by atoms with van der Waals surface area (Å²) in [6.07, 6.45) is 6.91. The van der Waals surface area contributed by atoms with Crippen LogP contribution in [0.15, 0.2) is 42.5 Å². The Morgan fingerprint density at radius 3 is 2.59 bits per heavy atom. The average Bonchev–Trinajstić information content (AvgIpc) is 3.28. The van der Waals surface area contributed by atoms with Crippen molar-refractivity contribution >= 4 is 18.4 Å². The fourth-order valence-corrected chi connectivity index (χ4v) is 5.85. The number of carbonyl (C=O) groups excluding carboxylic acids is 1. The summed E-state index contributed by atoms with van der Waals surface area (Å²) in [4.78, 5) is 22.4. The van der Waals surface area contributed by atoms with Gasteiger partial charge in [-0.3, -0.25) is 9.88 Å². The Kier molecular flexibility index (Phi) is 7.06. The van der Waals surface area contributed by atoms with E-state index in [2.05, 4.69) is 69.5 Å². The van der Waals surface area contributed by atoms with Crippen molar-refractivity contribution in [1.29, 1.82) is 0 Å². The van der Waals surface area contributed by atoms with E-state index in [0.717, 1.165) is 69.8 Å². The lowest BCUT2D eigenvalue weighted by atomic mass is 9.69. The van der Waals surface area contributed by atoms with Gasteiger partial charge in [-0.1, -0.05) is 43.2 Å². The molecule has 1 saturated heterocycles. The maximum absolute atomic E-state index is 13.1. The molecule has 1 spiro atoms. The number of amides is 2. The minimum atomic E-state index is 0. The summed E-state index contributed by atoms with van der Waals surface area (Å²) >= 11 is 0. The molecule has 3 heterocycles. The number of urea groups is 1. The van der Waals surface area contributed by atoms with Crippen molar-refractivity contribution < 1.29 is 4.79 Å². The number of carbonyl (C=O) groups is 1. The topological polar surface area (TPSA) is 48.5 Å². The Hall–Kier alpha value is -2.11. The van der Waals surface area contributed by atoms with Crippen molar-refractivity contribution in [3.05, 3.63) is 65.0 Å². The van der Waals surface area contributed by atoms with Gasteiger partial charge in [0.2, 0.25) is 0 Å². The van der Waals surface area contributed by atoms with Crippen LogP contribution in [-0.2, 0) is 18.5 Å². The Morgan fingerprint density at radius 1 is 1.09 bits per heavy atom. The second kappa shape index (κ2) is 9.80. The number of likely N-dealkylation sites (tertiary alicyclic amines) is 1. The number of benzene rings is 1. The molecule has 172 valence electrons. The third-order valence-electron chi connectivity index (χ3n) is 7.56. The van der Waals surface area contributed by atoms with E-state index in [1.54, 1.807) is 0 Å². The normalized spacial score (nSPS) is 20.6. The highest BCUT2D eigenvalue weighted by molar-refractivity contribution is 5.85. The fourth-order valence-electron chi connectivity index (χ4n) is 5.85. The van der Waals surface area contributed by atoms with E-state index >= 15 is 0 Å². The average molecular weight is 455 g/mol. The number of nitrogens with one attached hydrogen (secondary N) is 1. The molecule has 5 nitrogen and oxygen atoms in total. The molecule has 1 aromatic carbocycles. The number of hydrogen-bond acceptors (Lipinski definition) is 3. The molecule has 1 saturated carbocycles. The van der Waals surface area contributed by atoms with Gasteiger partial charge in [-0.25, -0.2) is 4.79 Å². The predicted octanol–water partition coefficient (Wildman–Crippen LogP) is 4.81. The van der Waals surface area contributed by atoms with Crippen LogP contribution < -0.4 is 5.32 Å². The number of aryl methyl sites for hydroxylation is 1. The van der Waals surface area contributed by atoms with Crippen molar-refractivity contribution in [2.24, 2.45) is 0 Å². The van der Waals surface area contributed by atoms with Crippen LogP contribution >= 0.6 is 12.4 Å². The lowest BCUT2D eigenvalue weighted by molar-refractivity contribution is 0.103. The number of piperidine rings is 1.